The number of piperazine rings is 1. The fourth-order valence-electron chi connectivity index (χ4n) is 3.31. The number of rotatable bonds is 2. The molecule has 0 aromatic heterocycles. The average molecular weight is 389 g/mol. The molecule has 6 heteroatoms. The van der Waals surface area contributed by atoms with E-state index in [0.29, 0.717) is 6.04 Å². The molecule has 22 heavy (non-hydrogen) atoms. The molecule has 0 aliphatic carbocycles. The molecule has 0 saturated carbocycles. The zero-order valence-electron chi connectivity index (χ0n) is 12.8. The Morgan fingerprint density at radius 3 is 2.68 bits per heavy atom. The van der Waals surface area contributed by atoms with E-state index in [9.17, 15) is 4.79 Å². The maximum atomic E-state index is 12.7. The van der Waals surface area contributed by atoms with E-state index >= 15 is 0 Å². The van der Waals surface area contributed by atoms with E-state index in [0.717, 1.165) is 61.3 Å². The minimum Gasteiger partial charge on any atom is -0.337 e. The molecule has 3 rings (SSSR count). The summed E-state index contributed by atoms with van der Waals surface area (Å²) < 4.78 is 1.02. The van der Waals surface area contributed by atoms with Crippen molar-refractivity contribution in [1.29, 1.82) is 0 Å². The summed E-state index contributed by atoms with van der Waals surface area (Å²) in [5, 5.41) is 3.38. The summed E-state index contributed by atoms with van der Waals surface area (Å²) in [5.41, 5.74) is 1.87. The highest BCUT2D eigenvalue weighted by Gasteiger charge is 2.31. The fourth-order valence-corrected chi connectivity index (χ4v) is 3.78. The average Bonchev–Trinajstić information content (AvgIpc) is 2.97. The first-order valence-corrected chi connectivity index (χ1v) is 8.44. The summed E-state index contributed by atoms with van der Waals surface area (Å²) in [6, 6.07) is 6.42. The first-order chi connectivity index (χ1) is 10.1. The molecule has 2 aliphatic heterocycles. The SMILES string of the molecule is Cc1cc(Br)ccc1C(=O)N1CCC(N2CCNCC2)C1.Cl. The van der Waals surface area contributed by atoms with Crippen molar-refractivity contribution in [3.05, 3.63) is 33.8 Å². The lowest BCUT2D eigenvalue weighted by Gasteiger charge is -2.32. The van der Waals surface area contributed by atoms with Crippen LogP contribution in [0.3, 0.4) is 0 Å². The molecule has 4 nitrogen and oxygen atoms in total. The smallest absolute Gasteiger partial charge is 0.254 e. The molecule has 1 unspecified atom stereocenters. The third-order valence-electron chi connectivity index (χ3n) is 4.54. The van der Waals surface area contributed by atoms with Gasteiger partial charge in [-0.15, -0.1) is 12.4 Å². The minimum atomic E-state index is 0. The monoisotopic (exact) mass is 387 g/mol. The summed E-state index contributed by atoms with van der Waals surface area (Å²) in [7, 11) is 0. The molecule has 0 radical (unpaired) electrons. The third kappa shape index (κ3) is 3.82. The van der Waals surface area contributed by atoms with Crippen LogP contribution in [0.5, 0.6) is 0 Å². The Morgan fingerprint density at radius 2 is 2.00 bits per heavy atom. The Morgan fingerprint density at radius 1 is 1.27 bits per heavy atom. The number of carbonyl (C=O) groups excluding carboxylic acids is 1. The summed E-state index contributed by atoms with van der Waals surface area (Å²) in [5.74, 6) is 0.178. The largest absolute Gasteiger partial charge is 0.337 e. The molecule has 2 fully saturated rings. The third-order valence-corrected chi connectivity index (χ3v) is 5.03. The number of nitrogens with zero attached hydrogens (tertiary/aromatic N) is 2. The lowest BCUT2D eigenvalue weighted by molar-refractivity contribution is 0.0773. The van der Waals surface area contributed by atoms with Crippen LogP contribution in [0.1, 0.15) is 22.3 Å². The summed E-state index contributed by atoms with van der Waals surface area (Å²) in [6.45, 7) is 8.08. The van der Waals surface area contributed by atoms with Crippen molar-refractivity contribution in [2.75, 3.05) is 39.3 Å². The van der Waals surface area contributed by atoms with Crippen LogP contribution < -0.4 is 5.32 Å². The summed E-state index contributed by atoms with van der Waals surface area (Å²) in [6.07, 6.45) is 1.10. The van der Waals surface area contributed by atoms with Gasteiger partial charge in [0.2, 0.25) is 0 Å². The standard InChI is InChI=1S/C16H22BrN3O.ClH/c1-12-10-13(17)2-3-15(12)16(21)20-7-4-14(11-20)19-8-5-18-6-9-19;/h2-3,10,14,18H,4-9,11H2,1H3;1H. The molecular formula is C16H23BrClN3O. The number of halogens is 2. The van der Waals surface area contributed by atoms with Crippen molar-refractivity contribution in [2.24, 2.45) is 0 Å². The molecule has 1 aromatic carbocycles. The van der Waals surface area contributed by atoms with E-state index in [4.69, 9.17) is 0 Å². The Balaban J connectivity index is 0.00000176. The topological polar surface area (TPSA) is 35.6 Å². The number of carbonyl (C=O) groups is 1. The second kappa shape index (κ2) is 7.77. The van der Waals surface area contributed by atoms with Crippen LogP contribution in [0.2, 0.25) is 0 Å². The van der Waals surface area contributed by atoms with Crippen LogP contribution in [0, 0.1) is 6.92 Å². The van der Waals surface area contributed by atoms with Crippen molar-refractivity contribution in [2.45, 2.75) is 19.4 Å². The Labute approximate surface area is 146 Å². The quantitative estimate of drug-likeness (QED) is 0.844. The van der Waals surface area contributed by atoms with Crippen LogP contribution >= 0.6 is 28.3 Å². The van der Waals surface area contributed by atoms with Gasteiger partial charge in [-0.25, -0.2) is 0 Å². The minimum absolute atomic E-state index is 0. The molecule has 1 amide bonds. The van der Waals surface area contributed by atoms with Crippen molar-refractivity contribution in [1.82, 2.24) is 15.1 Å². The molecule has 2 heterocycles. The predicted octanol–water partition coefficient (Wildman–Crippen LogP) is 2.30. The molecule has 2 aliphatic rings. The molecule has 122 valence electrons. The number of hydrogen-bond donors (Lipinski definition) is 1. The van der Waals surface area contributed by atoms with E-state index in [1.54, 1.807) is 0 Å². The lowest BCUT2D eigenvalue weighted by Crippen LogP contribution is -2.49. The van der Waals surface area contributed by atoms with Gasteiger partial charge in [0.05, 0.1) is 0 Å². The molecule has 0 spiro atoms. The molecule has 1 aromatic rings. The fraction of sp³-hybridized carbons (Fsp3) is 0.562. The molecule has 0 bridgehead atoms. The van der Waals surface area contributed by atoms with Gasteiger partial charge in [-0.2, -0.15) is 0 Å². The van der Waals surface area contributed by atoms with Gasteiger partial charge in [0.25, 0.3) is 5.91 Å². The van der Waals surface area contributed by atoms with Gasteiger partial charge >= 0.3 is 0 Å². The van der Waals surface area contributed by atoms with E-state index in [-0.39, 0.29) is 18.3 Å². The number of nitrogens with one attached hydrogen (secondary N) is 1. The zero-order chi connectivity index (χ0) is 14.8. The van der Waals surface area contributed by atoms with Gasteiger partial charge in [0.15, 0.2) is 0 Å². The Hall–Kier alpha value is -0.620. The Kier molecular flexibility index (Phi) is 6.26. The maximum absolute atomic E-state index is 12.7. The van der Waals surface area contributed by atoms with Crippen LogP contribution in [-0.4, -0.2) is 61.0 Å². The summed E-state index contributed by atoms with van der Waals surface area (Å²) in [4.78, 5) is 17.2. The number of amides is 1. The maximum Gasteiger partial charge on any atom is 0.254 e. The van der Waals surface area contributed by atoms with Gasteiger partial charge < -0.3 is 10.2 Å². The van der Waals surface area contributed by atoms with Gasteiger partial charge in [-0.1, -0.05) is 15.9 Å². The van der Waals surface area contributed by atoms with Gasteiger partial charge in [0, 0.05) is 55.3 Å². The van der Waals surface area contributed by atoms with Crippen molar-refractivity contribution in [3.8, 4) is 0 Å². The van der Waals surface area contributed by atoms with Gasteiger partial charge in [-0.05, 0) is 37.1 Å². The first kappa shape index (κ1) is 17.7. The Bertz CT molecular complexity index is 534. The lowest BCUT2D eigenvalue weighted by atomic mass is 10.1. The van der Waals surface area contributed by atoms with E-state index in [1.165, 1.54) is 0 Å². The van der Waals surface area contributed by atoms with Crippen molar-refractivity contribution < 1.29 is 4.79 Å². The zero-order valence-corrected chi connectivity index (χ0v) is 15.3. The second-order valence-electron chi connectivity index (χ2n) is 5.94. The van der Waals surface area contributed by atoms with Gasteiger partial charge in [-0.3, -0.25) is 9.69 Å². The molecule has 1 N–H and O–H groups in total. The van der Waals surface area contributed by atoms with E-state index < -0.39 is 0 Å². The van der Waals surface area contributed by atoms with Crippen molar-refractivity contribution >= 4 is 34.2 Å². The van der Waals surface area contributed by atoms with Crippen molar-refractivity contribution in [3.63, 3.8) is 0 Å². The number of aryl methyl sites for hydroxylation is 1. The van der Waals surface area contributed by atoms with Crippen LogP contribution in [0.15, 0.2) is 22.7 Å². The van der Waals surface area contributed by atoms with Crippen LogP contribution in [-0.2, 0) is 0 Å². The molecule has 1 atom stereocenters. The van der Waals surface area contributed by atoms with E-state index in [2.05, 4.69) is 26.1 Å². The number of likely N-dealkylation sites (tertiary alicyclic amines) is 1. The normalized spacial score (nSPS) is 22.5. The van der Waals surface area contributed by atoms with Gasteiger partial charge in [0.1, 0.15) is 0 Å². The molecular weight excluding hydrogens is 366 g/mol. The first-order valence-electron chi connectivity index (χ1n) is 7.65. The predicted molar refractivity (Wildman–Crippen MR) is 94.9 cm³/mol. The van der Waals surface area contributed by atoms with Crippen LogP contribution in [0.25, 0.3) is 0 Å². The highest BCUT2D eigenvalue weighted by molar-refractivity contribution is 9.10. The molecule has 2 saturated heterocycles. The van der Waals surface area contributed by atoms with Crippen LogP contribution in [0.4, 0.5) is 0 Å². The second-order valence-corrected chi connectivity index (χ2v) is 6.85. The highest BCUT2D eigenvalue weighted by Crippen LogP contribution is 2.22. The number of benzene rings is 1. The summed E-state index contributed by atoms with van der Waals surface area (Å²) >= 11 is 3.45. The highest BCUT2D eigenvalue weighted by atomic mass is 79.9. The number of hydrogen-bond acceptors (Lipinski definition) is 3. The van der Waals surface area contributed by atoms with E-state index in [1.807, 2.05) is 30.0 Å².